The first-order chi connectivity index (χ1) is 8.11. The van der Waals surface area contributed by atoms with Crippen molar-refractivity contribution in [1.82, 2.24) is 0 Å². The van der Waals surface area contributed by atoms with E-state index >= 15 is 0 Å². The Hall–Kier alpha value is -1.26. The van der Waals surface area contributed by atoms with Crippen LogP contribution in [0.2, 0.25) is 5.02 Å². The Kier molecular flexibility index (Phi) is 3.54. The molecule has 1 aromatic rings. The average Bonchev–Trinajstić information content (AvgIpc) is 2.76. The lowest BCUT2D eigenvalue weighted by Crippen LogP contribution is -2.22. The number of hydrogen-bond donors (Lipinski definition) is 1. The third-order valence-electron chi connectivity index (χ3n) is 3.03. The Bertz CT molecular complexity index is 436. The van der Waals surface area contributed by atoms with E-state index in [2.05, 4.69) is 4.90 Å². The predicted octanol–water partition coefficient (Wildman–Crippen LogP) is 2.26. The SMILES string of the molecule is COC1CCN(c2ccc(C(=O)O)c(Cl)c2)C1. The zero-order valence-corrected chi connectivity index (χ0v) is 10.3. The van der Waals surface area contributed by atoms with Gasteiger partial charge in [0.1, 0.15) is 0 Å². The molecule has 0 amide bonds. The Morgan fingerprint density at radius 2 is 2.35 bits per heavy atom. The van der Waals surface area contributed by atoms with Gasteiger partial charge in [-0.15, -0.1) is 0 Å². The van der Waals surface area contributed by atoms with Crippen LogP contribution in [0.4, 0.5) is 5.69 Å². The van der Waals surface area contributed by atoms with Gasteiger partial charge in [-0.2, -0.15) is 0 Å². The van der Waals surface area contributed by atoms with Gasteiger partial charge in [0.15, 0.2) is 0 Å². The fourth-order valence-corrected chi connectivity index (χ4v) is 2.28. The second-order valence-corrected chi connectivity index (χ2v) is 4.47. The Balaban J connectivity index is 2.18. The number of carboxylic acids is 1. The van der Waals surface area contributed by atoms with Crippen molar-refractivity contribution in [3.63, 3.8) is 0 Å². The summed E-state index contributed by atoms with van der Waals surface area (Å²) in [4.78, 5) is 13.0. The minimum absolute atomic E-state index is 0.137. The van der Waals surface area contributed by atoms with Gasteiger partial charge >= 0.3 is 5.97 Å². The molecule has 0 aliphatic carbocycles. The minimum Gasteiger partial charge on any atom is -0.478 e. The molecule has 0 spiro atoms. The molecule has 1 unspecified atom stereocenters. The molecule has 0 radical (unpaired) electrons. The maximum Gasteiger partial charge on any atom is 0.337 e. The van der Waals surface area contributed by atoms with Crippen molar-refractivity contribution in [2.45, 2.75) is 12.5 Å². The van der Waals surface area contributed by atoms with Crippen molar-refractivity contribution >= 4 is 23.3 Å². The van der Waals surface area contributed by atoms with Gasteiger partial charge in [-0.3, -0.25) is 0 Å². The number of aromatic carboxylic acids is 1. The highest BCUT2D eigenvalue weighted by Crippen LogP contribution is 2.27. The van der Waals surface area contributed by atoms with Crippen LogP contribution in [-0.2, 0) is 4.74 Å². The predicted molar refractivity (Wildman–Crippen MR) is 66.0 cm³/mol. The fraction of sp³-hybridized carbons (Fsp3) is 0.417. The van der Waals surface area contributed by atoms with Crippen molar-refractivity contribution < 1.29 is 14.6 Å². The van der Waals surface area contributed by atoms with E-state index in [0.29, 0.717) is 0 Å². The van der Waals surface area contributed by atoms with Crippen LogP contribution in [0.3, 0.4) is 0 Å². The molecule has 1 N–H and O–H groups in total. The first-order valence-corrected chi connectivity index (χ1v) is 5.80. The molecule has 1 heterocycles. The number of benzene rings is 1. The molecular formula is C12H14ClNO3. The lowest BCUT2D eigenvalue weighted by atomic mass is 10.2. The van der Waals surface area contributed by atoms with E-state index in [1.165, 1.54) is 0 Å². The van der Waals surface area contributed by atoms with Crippen LogP contribution in [-0.4, -0.2) is 37.4 Å². The number of anilines is 1. The highest BCUT2D eigenvalue weighted by Gasteiger charge is 2.23. The summed E-state index contributed by atoms with van der Waals surface area (Å²) < 4.78 is 5.29. The maximum absolute atomic E-state index is 10.8. The van der Waals surface area contributed by atoms with Gasteiger partial charge in [0.25, 0.3) is 0 Å². The van der Waals surface area contributed by atoms with Crippen molar-refractivity contribution in [3.05, 3.63) is 28.8 Å². The molecule has 0 aromatic heterocycles. The number of halogens is 1. The van der Waals surface area contributed by atoms with E-state index in [1.807, 2.05) is 0 Å². The van der Waals surface area contributed by atoms with E-state index in [0.717, 1.165) is 25.2 Å². The van der Waals surface area contributed by atoms with Crippen molar-refractivity contribution in [1.29, 1.82) is 0 Å². The fourth-order valence-electron chi connectivity index (χ4n) is 2.03. The molecule has 17 heavy (non-hydrogen) atoms. The van der Waals surface area contributed by atoms with E-state index in [1.54, 1.807) is 25.3 Å². The standard InChI is InChI=1S/C12H14ClNO3/c1-17-9-4-5-14(7-9)8-2-3-10(12(15)16)11(13)6-8/h2-3,6,9H,4-5,7H2,1H3,(H,15,16). The topological polar surface area (TPSA) is 49.8 Å². The number of methoxy groups -OCH3 is 1. The van der Waals surface area contributed by atoms with E-state index in [-0.39, 0.29) is 16.7 Å². The Morgan fingerprint density at radius 1 is 1.59 bits per heavy atom. The number of carboxylic acid groups (broad SMARTS) is 1. The summed E-state index contributed by atoms with van der Waals surface area (Å²) in [7, 11) is 1.70. The molecule has 2 rings (SSSR count). The van der Waals surface area contributed by atoms with Gasteiger partial charge in [-0.25, -0.2) is 4.79 Å². The smallest absolute Gasteiger partial charge is 0.337 e. The average molecular weight is 256 g/mol. The van der Waals surface area contributed by atoms with Crippen molar-refractivity contribution in [2.24, 2.45) is 0 Å². The quantitative estimate of drug-likeness (QED) is 0.900. The summed E-state index contributed by atoms with van der Waals surface area (Å²) in [5.74, 6) is -1.00. The van der Waals surface area contributed by atoms with E-state index < -0.39 is 5.97 Å². The Labute approximate surface area is 105 Å². The molecule has 0 bridgehead atoms. The van der Waals surface area contributed by atoms with Crippen molar-refractivity contribution in [2.75, 3.05) is 25.1 Å². The minimum atomic E-state index is -1.00. The lowest BCUT2D eigenvalue weighted by Gasteiger charge is -2.18. The highest BCUT2D eigenvalue weighted by molar-refractivity contribution is 6.33. The zero-order chi connectivity index (χ0) is 12.4. The van der Waals surface area contributed by atoms with Crippen LogP contribution in [0.5, 0.6) is 0 Å². The molecule has 4 nitrogen and oxygen atoms in total. The zero-order valence-electron chi connectivity index (χ0n) is 9.52. The van der Waals surface area contributed by atoms with Crippen LogP contribution < -0.4 is 4.90 Å². The van der Waals surface area contributed by atoms with Gasteiger partial charge in [-0.05, 0) is 24.6 Å². The molecule has 92 valence electrons. The van der Waals surface area contributed by atoms with Crippen LogP contribution in [0, 0.1) is 0 Å². The summed E-state index contributed by atoms with van der Waals surface area (Å²) in [6, 6.07) is 5.02. The largest absolute Gasteiger partial charge is 0.478 e. The molecule has 1 aliphatic heterocycles. The number of nitrogens with zero attached hydrogens (tertiary/aromatic N) is 1. The van der Waals surface area contributed by atoms with Gasteiger partial charge in [0, 0.05) is 25.9 Å². The monoisotopic (exact) mass is 255 g/mol. The number of hydrogen-bond acceptors (Lipinski definition) is 3. The first-order valence-electron chi connectivity index (χ1n) is 5.42. The number of rotatable bonds is 3. The third kappa shape index (κ3) is 2.53. The Morgan fingerprint density at radius 3 is 2.88 bits per heavy atom. The van der Waals surface area contributed by atoms with Gasteiger partial charge < -0.3 is 14.7 Å². The molecule has 5 heteroatoms. The van der Waals surface area contributed by atoms with Gasteiger partial charge in [-0.1, -0.05) is 11.6 Å². The van der Waals surface area contributed by atoms with E-state index in [4.69, 9.17) is 21.4 Å². The van der Waals surface area contributed by atoms with Gasteiger partial charge in [0.05, 0.1) is 16.7 Å². The molecule has 1 aromatic carbocycles. The first kappa shape index (κ1) is 12.2. The summed E-state index contributed by atoms with van der Waals surface area (Å²) in [6.07, 6.45) is 1.22. The molecular weight excluding hydrogens is 242 g/mol. The molecule has 1 fully saturated rings. The van der Waals surface area contributed by atoms with Crippen LogP contribution >= 0.6 is 11.6 Å². The third-order valence-corrected chi connectivity index (χ3v) is 3.34. The number of ether oxygens (including phenoxy) is 1. The highest BCUT2D eigenvalue weighted by atomic mass is 35.5. The second kappa shape index (κ2) is 4.94. The van der Waals surface area contributed by atoms with Crippen molar-refractivity contribution in [3.8, 4) is 0 Å². The molecule has 1 aliphatic rings. The molecule has 1 atom stereocenters. The lowest BCUT2D eigenvalue weighted by molar-refractivity contribution is 0.0697. The normalized spacial score (nSPS) is 19.6. The van der Waals surface area contributed by atoms with Crippen LogP contribution in [0.1, 0.15) is 16.8 Å². The van der Waals surface area contributed by atoms with E-state index in [9.17, 15) is 4.79 Å². The summed E-state index contributed by atoms with van der Waals surface area (Å²) in [6.45, 7) is 1.72. The summed E-state index contributed by atoms with van der Waals surface area (Å²) >= 11 is 5.93. The van der Waals surface area contributed by atoms with Gasteiger partial charge in [0.2, 0.25) is 0 Å². The summed E-state index contributed by atoms with van der Waals surface area (Å²) in [5, 5.41) is 9.16. The molecule has 0 saturated carbocycles. The van der Waals surface area contributed by atoms with Crippen LogP contribution in [0.25, 0.3) is 0 Å². The summed E-state index contributed by atoms with van der Waals surface area (Å²) in [5.41, 5.74) is 1.08. The van der Waals surface area contributed by atoms with Crippen LogP contribution in [0.15, 0.2) is 18.2 Å². The maximum atomic E-state index is 10.8. The second-order valence-electron chi connectivity index (χ2n) is 4.06. The molecule has 1 saturated heterocycles. The number of carbonyl (C=O) groups is 1.